The fourth-order valence-corrected chi connectivity index (χ4v) is 6.11. The van der Waals surface area contributed by atoms with Crippen LogP contribution in [-0.4, -0.2) is 69.4 Å². The van der Waals surface area contributed by atoms with Crippen LogP contribution in [0.1, 0.15) is 43.0 Å². The predicted molar refractivity (Wildman–Crippen MR) is 129 cm³/mol. The van der Waals surface area contributed by atoms with Crippen molar-refractivity contribution < 1.29 is 17.9 Å². The molecule has 0 aliphatic carbocycles. The van der Waals surface area contributed by atoms with Gasteiger partial charge in [0, 0.05) is 44.8 Å². The number of para-hydroxylation sites is 2. The van der Waals surface area contributed by atoms with Crippen LogP contribution in [0.15, 0.2) is 53.4 Å². The zero-order chi connectivity index (χ0) is 23.3. The van der Waals surface area contributed by atoms with Crippen molar-refractivity contribution in [2.75, 3.05) is 50.8 Å². The molecule has 1 amide bonds. The van der Waals surface area contributed by atoms with Crippen molar-refractivity contribution in [1.29, 1.82) is 0 Å². The van der Waals surface area contributed by atoms with Gasteiger partial charge in [0.1, 0.15) is 5.75 Å². The number of ether oxygens (including phenoxy) is 1. The van der Waals surface area contributed by atoms with E-state index in [2.05, 4.69) is 4.90 Å². The van der Waals surface area contributed by atoms with E-state index in [1.165, 1.54) is 0 Å². The monoisotopic (exact) mass is 471 g/mol. The number of anilines is 1. The van der Waals surface area contributed by atoms with Gasteiger partial charge in [-0.1, -0.05) is 31.0 Å². The summed E-state index contributed by atoms with van der Waals surface area (Å²) >= 11 is 0. The fraction of sp³-hybridized carbons (Fsp3) is 0.480. The van der Waals surface area contributed by atoms with E-state index in [0.29, 0.717) is 51.4 Å². The van der Waals surface area contributed by atoms with E-state index in [4.69, 9.17) is 4.74 Å². The molecule has 33 heavy (non-hydrogen) atoms. The van der Waals surface area contributed by atoms with Gasteiger partial charge in [-0.15, -0.1) is 0 Å². The summed E-state index contributed by atoms with van der Waals surface area (Å²) < 4.78 is 33.6. The molecule has 0 aromatic heterocycles. The Morgan fingerprint density at radius 1 is 0.879 bits per heavy atom. The molecule has 0 unspecified atom stereocenters. The summed E-state index contributed by atoms with van der Waals surface area (Å²) in [6, 6.07) is 14.5. The summed E-state index contributed by atoms with van der Waals surface area (Å²) in [4.78, 5) is 17.4. The van der Waals surface area contributed by atoms with Crippen molar-refractivity contribution in [3.63, 3.8) is 0 Å². The second-order valence-corrected chi connectivity index (χ2v) is 10.5. The smallest absolute Gasteiger partial charge is 0.254 e. The van der Waals surface area contributed by atoms with Crippen molar-refractivity contribution in [2.24, 2.45) is 0 Å². The number of amides is 1. The molecule has 7 nitrogen and oxygen atoms in total. The third-order valence-corrected chi connectivity index (χ3v) is 8.25. The molecule has 2 aromatic carbocycles. The lowest BCUT2D eigenvalue weighted by atomic mass is 10.1. The lowest BCUT2D eigenvalue weighted by molar-refractivity contribution is 0.0746. The first-order chi connectivity index (χ1) is 16.0. The highest BCUT2D eigenvalue weighted by Crippen LogP contribution is 2.29. The molecule has 2 fully saturated rings. The standard InChI is InChI=1S/C25H33N3O4S/c1-2-32-24-13-6-5-12-23(24)26-16-18-27(19-17-26)25(29)21-10-9-11-22(20-21)33(30,31)28-14-7-3-4-8-15-28/h5-6,9-13,20H,2-4,7-8,14-19H2,1H3. The van der Waals surface area contributed by atoms with Crippen molar-refractivity contribution in [1.82, 2.24) is 9.21 Å². The Morgan fingerprint density at radius 3 is 2.27 bits per heavy atom. The Bertz CT molecular complexity index is 1060. The Kier molecular flexibility index (Phi) is 7.55. The third kappa shape index (κ3) is 5.33. The first-order valence-electron chi connectivity index (χ1n) is 11.9. The summed E-state index contributed by atoms with van der Waals surface area (Å²) in [5.41, 5.74) is 1.46. The van der Waals surface area contributed by atoms with Crippen LogP contribution in [-0.2, 0) is 10.0 Å². The van der Waals surface area contributed by atoms with E-state index in [0.717, 1.165) is 37.1 Å². The van der Waals surface area contributed by atoms with Crippen molar-refractivity contribution in [3.05, 3.63) is 54.1 Å². The minimum absolute atomic E-state index is 0.124. The number of benzene rings is 2. The average molecular weight is 472 g/mol. The largest absolute Gasteiger partial charge is 0.492 e. The zero-order valence-corrected chi connectivity index (χ0v) is 20.1. The first-order valence-corrected chi connectivity index (χ1v) is 13.3. The molecule has 0 atom stereocenters. The molecule has 8 heteroatoms. The van der Waals surface area contributed by atoms with Gasteiger partial charge in [-0.2, -0.15) is 4.31 Å². The summed E-state index contributed by atoms with van der Waals surface area (Å²) in [5, 5.41) is 0. The lowest BCUT2D eigenvalue weighted by Crippen LogP contribution is -2.49. The second-order valence-electron chi connectivity index (χ2n) is 8.53. The fourth-order valence-electron chi connectivity index (χ4n) is 4.55. The zero-order valence-electron chi connectivity index (χ0n) is 19.3. The summed E-state index contributed by atoms with van der Waals surface area (Å²) in [5.74, 6) is 0.729. The topological polar surface area (TPSA) is 70.2 Å². The van der Waals surface area contributed by atoms with E-state index in [1.807, 2.05) is 31.2 Å². The third-order valence-electron chi connectivity index (χ3n) is 6.36. The molecule has 0 bridgehead atoms. The van der Waals surface area contributed by atoms with Crippen LogP contribution >= 0.6 is 0 Å². The molecule has 0 spiro atoms. The highest BCUT2D eigenvalue weighted by atomic mass is 32.2. The van der Waals surface area contributed by atoms with Crippen LogP contribution < -0.4 is 9.64 Å². The molecule has 4 rings (SSSR count). The van der Waals surface area contributed by atoms with Gasteiger partial charge < -0.3 is 14.5 Å². The number of carbonyl (C=O) groups excluding carboxylic acids is 1. The number of carbonyl (C=O) groups is 1. The van der Waals surface area contributed by atoms with Gasteiger partial charge in [0.2, 0.25) is 10.0 Å². The molecule has 2 aliphatic heterocycles. The SMILES string of the molecule is CCOc1ccccc1N1CCN(C(=O)c2cccc(S(=O)(=O)N3CCCCCC3)c2)CC1. The Labute approximate surface area is 197 Å². The summed E-state index contributed by atoms with van der Waals surface area (Å²) in [6.45, 7) is 6.20. The van der Waals surface area contributed by atoms with Crippen LogP contribution in [0.5, 0.6) is 5.75 Å². The highest BCUT2D eigenvalue weighted by molar-refractivity contribution is 7.89. The Morgan fingerprint density at radius 2 is 1.58 bits per heavy atom. The predicted octanol–water partition coefficient (Wildman–Crippen LogP) is 3.61. The molecule has 0 radical (unpaired) electrons. The minimum Gasteiger partial charge on any atom is -0.492 e. The Hall–Kier alpha value is -2.58. The molecule has 2 saturated heterocycles. The van der Waals surface area contributed by atoms with Gasteiger partial charge in [0.15, 0.2) is 0 Å². The van der Waals surface area contributed by atoms with E-state index in [-0.39, 0.29) is 10.8 Å². The normalized spacial score (nSPS) is 18.1. The molecule has 2 aromatic rings. The summed E-state index contributed by atoms with van der Waals surface area (Å²) in [6.07, 6.45) is 3.89. The van der Waals surface area contributed by atoms with E-state index < -0.39 is 10.0 Å². The maximum absolute atomic E-state index is 13.2. The molecule has 2 heterocycles. The number of hydrogen-bond acceptors (Lipinski definition) is 5. The van der Waals surface area contributed by atoms with Crippen LogP contribution in [0.25, 0.3) is 0 Å². The second kappa shape index (κ2) is 10.6. The van der Waals surface area contributed by atoms with E-state index in [9.17, 15) is 13.2 Å². The van der Waals surface area contributed by atoms with Gasteiger partial charge in [-0.25, -0.2) is 8.42 Å². The van der Waals surface area contributed by atoms with E-state index >= 15 is 0 Å². The molecule has 2 aliphatic rings. The number of sulfonamides is 1. The van der Waals surface area contributed by atoms with E-state index in [1.54, 1.807) is 33.5 Å². The molecular weight excluding hydrogens is 438 g/mol. The van der Waals surface area contributed by atoms with Crippen LogP contribution in [0.4, 0.5) is 5.69 Å². The van der Waals surface area contributed by atoms with Crippen molar-refractivity contribution in [3.8, 4) is 5.75 Å². The first kappa shape index (κ1) is 23.6. The van der Waals surface area contributed by atoms with Gasteiger partial charge in [0.05, 0.1) is 17.2 Å². The van der Waals surface area contributed by atoms with Crippen LogP contribution in [0, 0.1) is 0 Å². The van der Waals surface area contributed by atoms with Gasteiger partial charge >= 0.3 is 0 Å². The van der Waals surface area contributed by atoms with Crippen molar-refractivity contribution in [2.45, 2.75) is 37.5 Å². The molecule has 0 saturated carbocycles. The van der Waals surface area contributed by atoms with Crippen LogP contribution in [0.3, 0.4) is 0 Å². The number of nitrogens with zero attached hydrogens (tertiary/aromatic N) is 3. The Balaban J connectivity index is 1.44. The molecular formula is C25H33N3O4S. The van der Waals surface area contributed by atoms with Gasteiger partial charge in [-0.05, 0) is 50.1 Å². The van der Waals surface area contributed by atoms with Crippen molar-refractivity contribution >= 4 is 21.6 Å². The quantitative estimate of drug-likeness (QED) is 0.644. The number of rotatable bonds is 6. The lowest BCUT2D eigenvalue weighted by Gasteiger charge is -2.36. The number of piperazine rings is 1. The molecule has 0 N–H and O–H groups in total. The summed E-state index contributed by atoms with van der Waals surface area (Å²) in [7, 11) is -3.59. The van der Waals surface area contributed by atoms with Gasteiger partial charge in [-0.3, -0.25) is 4.79 Å². The number of hydrogen-bond donors (Lipinski definition) is 0. The maximum atomic E-state index is 13.2. The minimum atomic E-state index is -3.59. The average Bonchev–Trinajstić information content (AvgIpc) is 3.15. The maximum Gasteiger partial charge on any atom is 0.254 e. The van der Waals surface area contributed by atoms with Crippen LogP contribution in [0.2, 0.25) is 0 Å². The molecule has 178 valence electrons. The highest BCUT2D eigenvalue weighted by Gasteiger charge is 2.28. The van der Waals surface area contributed by atoms with Gasteiger partial charge in [0.25, 0.3) is 5.91 Å².